The summed E-state index contributed by atoms with van der Waals surface area (Å²) in [5.74, 6) is -2.66. The molecule has 2 amide bonds. The largest absolute Gasteiger partial charge is 0.829 e. The van der Waals surface area contributed by atoms with Crippen LogP contribution in [-0.4, -0.2) is 58.6 Å². The van der Waals surface area contributed by atoms with Crippen molar-refractivity contribution < 1.29 is 34.4 Å². The lowest BCUT2D eigenvalue weighted by atomic mass is 9.93. The molecule has 1 fully saturated rings. The van der Waals surface area contributed by atoms with Gasteiger partial charge in [-0.25, -0.2) is 4.79 Å². The highest BCUT2D eigenvalue weighted by molar-refractivity contribution is 5.77. The molecule has 19 heavy (non-hydrogen) atoms. The molecule has 1 heterocycles. The summed E-state index contributed by atoms with van der Waals surface area (Å²) >= 11 is 0. The number of carboxylic acids is 1. The van der Waals surface area contributed by atoms with Crippen LogP contribution in [0.3, 0.4) is 0 Å². The van der Waals surface area contributed by atoms with Gasteiger partial charge in [-0.05, 0) is 0 Å². The van der Waals surface area contributed by atoms with Gasteiger partial charge in [-0.2, -0.15) is 0 Å². The molecule has 1 rings (SSSR count). The number of nitrogens with one attached hydrogen (secondary N) is 2. The first-order valence-electron chi connectivity index (χ1n) is 5.50. The molecule has 0 bridgehead atoms. The normalized spacial score (nSPS) is 34.4. The number of rotatable bonds is 3. The van der Waals surface area contributed by atoms with E-state index < -0.39 is 48.4 Å². The van der Waals surface area contributed by atoms with Crippen molar-refractivity contribution in [1.29, 1.82) is 0 Å². The Kier molecular flexibility index (Phi) is 4.81. The first kappa shape index (κ1) is 15.3. The maximum absolute atomic E-state index is 11.7. The van der Waals surface area contributed by atoms with Crippen LogP contribution >= 0.6 is 0 Å². The van der Waals surface area contributed by atoms with Crippen LogP contribution in [-0.2, 0) is 19.1 Å². The first-order valence-corrected chi connectivity index (χ1v) is 5.50. The van der Waals surface area contributed by atoms with Crippen molar-refractivity contribution in [2.45, 2.75) is 44.4 Å². The first-order chi connectivity index (χ1) is 8.73. The minimum atomic E-state index is -1.91. The standard InChI is InChI=1S/C10H15N2O7/c1-3(13)11-5-6(12-4(2)14)10(18)19-8(7(5)15)9(16)17/h5-8,10,15H,1-2H3,(H,11,13)(H,12,14)(H,16,17)/q-1/t5-,6+,7+,8+,10-/m1/s1. The average molecular weight is 275 g/mol. The molecule has 0 radical (unpaired) electrons. The van der Waals surface area contributed by atoms with Crippen LogP contribution in [0.25, 0.3) is 0 Å². The van der Waals surface area contributed by atoms with Crippen molar-refractivity contribution in [2.75, 3.05) is 0 Å². The summed E-state index contributed by atoms with van der Waals surface area (Å²) in [4.78, 5) is 32.9. The van der Waals surface area contributed by atoms with Crippen molar-refractivity contribution >= 4 is 17.8 Å². The number of aliphatic hydroxyl groups excluding tert-OH is 1. The molecule has 1 aliphatic heterocycles. The summed E-state index contributed by atoms with van der Waals surface area (Å²) in [5.41, 5.74) is 0. The Bertz CT molecular complexity index is 386. The molecule has 9 nitrogen and oxygen atoms in total. The lowest BCUT2D eigenvalue weighted by Crippen LogP contribution is -2.72. The number of hydrogen-bond donors (Lipinski definition) is 4. The van der Waals surface area contributed by atoms with Crippen LogP contribution in [0.15, 0.2) is 0 Å². The summed E-state index contributed by atoms with van der Waals surface area (Å²) in [6.45, 7) is 2.29. The fourth-order valence-corrected chi connectivity index (χ4v) is 1.89. The lowest BCUT2D eigenvalue weighted by Gasteiger charge is -2.47. The maximum Gasteiger partial charge on any atom is 0.335 e. The Hall–Kier alpha value is -1.71. The number of ether oxygens (including phenoxy) is 1. The number of carbonyl (C=O) groups excluding carboxylic acids is 2. The topological polar surface area (TPSA) is 148 Å². The van der Waals surface area contributed by atoms with Gasteiger partial charge in [-0.1, -0.05) is 0 Å². The molecule has 0 aromatic carbocycles. The van der Waals surface area contributed by atoms with Gasteiger partial charge in [0.15, 0.2) is 6.10 Å². The summed E-state index contributed by atoms with van der Waals surface area (Å²) < 4.78 is 4.61. The third-order valence-electron chi connectivity index (χ3n) is 2.62. The van der Waals surface area contributed by atoms with Crippen molar-refractivity contribution in [3.63, 3.8) is 0 Å². The van der Waals surface area contributed by atoms with Crippen molar-refractivity contribution in [3.05, 3.63) is 0 Å². The number of carbonyl (C=O) groups is 3. The van der Waals surface area contributed by atoms with Gasteiger partial charge in [-0.3, -0.25) is 9.59 Å². The Morgan fingerprint density at radius 3 is 2.00 bits per heavy atom. The van der Waals surface area contributed by atoms with Crippen LogP contribution in [0.5, 0.6) is 0 Å². The maximum atomic E-state index is 11.7. The van der Waals surface area contributed by atoms with E-state index in [1.165, 1.54) is 0 Å². The molecule has 0 unspecified atom stereocenters. The van der Waals surface area contributed by atoms with E-state index in [9.17, 15) is 24.6 Å². The number of carboxylic acid groups (broad SMARTS) is 1. The van der Waals surface area contributed by atoms with Crippen LogP contribution in [0.1, 0.15) is 13.8 Å². The van der Waals surface area contributed by atoms with Crippen molar-refractivity contribution in [3.8, 4) is 0 Å². The molecule has 0 aliphatic carbocycles. The zero-order chi connectivity index (χ0) is 14.7. The highest BCUT2D eigenvalue weighted by Gasteiger charge is 2.45. The Labute approximate surface area is 108 Å². The van der Waals surface area contributed by atoms with Gasteiger partial charge in [0, 0.05) is 20.1 Å². The van der Waals surface area contributed by atoms with E-state index in [0.29, 0.717) is 0 Å². The summed E-state index contributed by atoms with van der Waals surface area (Å²) in [7, 11) is 0. The summed E-state index contributed by atoms with van der Waals surface area (Å²) in [6, 6.07) is -2.49. The zero-order valence-corrected chi connectivity index (χ0v) is 10.3. The lowest BCUT2D eigenvalue weighted by molar-refractivity contribution is -0.512. The molecular weight excluding hydrogens is 260 g/mol. The molecule has 0 saturated carbocycles. The predicted molar refractivity (Wildman–Crippen MR) is 57.5 cm³/mol. The fraction of sp³-hybridized carbons (Fsp3) is 0.700. The number of hydrogen-bond acceptors (Lipinski definition) is 6. The van der Waals surface area contributed by atoms with Gasteiger partial charge in [0.05, 0.1) is 12.1 Å². The van der Waals surface area contributed by atoms with Gasteiger partial charge < -0.3 is 30.7 Å². The molecule has 9 heteroatoms. The highest BCUT2D eigenvalue weighted by atomic mass is 16.6. The molecule has 4 N–H and O–H groups in total. The smallest absolute Gasteiger partial charge is 0.335 e. The summed E-state index contributed by atoms with van der Waals surface area (Å²) in [5, 5.41) is 34.9. The average Bonchev–Trinajstić information content (AvgIpc) is 2.26. The minimum Gasteiger partial charge on any atom is -0.829 e. The van der Waals surface area contributed by atoms with Gasteiger partial charge in [-0.15, -0.1) is 0 Å². The van der Waals surface area contributed by atoms with E-state index in [1.807, 2.05) is 0 Å². The third-order valence-corrected chi connectivity index (χ3v) is 2.62. The van der Waals surface area contributed by atoms with Gasteiger partial charge in [0.1, 0.15) is 6.10 Å². The molecule has 0 spiro atoms. The SMILES string of the molecule is CC(=O)N[C@H]1[C@H](O)[C@@H](C(=O)O)O[C@@H]([O-])[C@H]1NC(C)=O. The molecule has 5 atom stereocenters. The van der Waals surface area contributed by atoms with E-state index in [4.69, 9.17) is 5.11 Å². The number of amides is 2. The monoisotopic (exact) mass is 275 g/mol. The molecule has 0 aromatic heterocycles. The van der Waals surface area contributed by atoms with E-state index in [0.717, 1.165) is 13.8 Å². The van der Waals surface area contributed by atoms with Gasteiger partial charge in [0.2, 0.25) is 11.8 Å². The van der Waals surface area contributed by atoms with E-state index >= 15 is 0 Å². The number of aliphatic carboxylic acids is 1. The Morgan fingerprint density at radius 1 is 1.11 bits per heavy atom. The Balaban J connectivity index is 2.98. The highest BCUT2D eigenvalue weighted by Crippen LogP contribution is 2.19. The summed E-state index contributed by atoms with van der Waals surface area (Å²) in [6.07, 6.45) is -5.32. The van der Waals surface area contributed by atoms with Crippen LogP contribution in [0, 0.1) is 0 Å². The van der Waals surface area contributed by atoms with Crippen LogP contribution < -0.4 is 15.7 Å². The molecular formula is C10H15N2O7-. The van der Waals surface area contributed by atoms with Gasteiger partial charge >= 0.3 is 5.97 Å². The molecule has 1 aliphatic rings. The van der Waals surface area contributed by atoms with Crippen LogP contribution in [0.2, 0.25) is 0 Å². The van der Waals surface area contributed by atoms with Crippen molar-refractivity contribution in [1.82, 2.24) is 10.6 Å². The fourth-order valence-electron chi connectivity index (χ4n) is 1.89. The van der Waals surface area contributed by atoms with E-state index in [1.54, 1.807) is 0 Å². The molecule has 108 valence electrons. The predicted octanol–water partition coefficient (Wildman–Crippen LogP) is -3.47. The third kappa shape index (κ3) is 3.63. The minimum absolute atomic E-state index is 0.564. The second-order valence-corrected chi connectivity index (χ2v) is 4.21. The zero-order valence-electron chi connectivity index (χ0n) is 10.3. The van der Waals surface area contributed by atoms with Gasteiger partial charge in [0.25, 0.3) is 0 Å². The quantitative estimate of drug-likeness (QED) is 0.418. The second kappa shape index (κ2) is 5.95. The number of aliphatic hydroxyl groups is 1. The van der Waals surface area contributed by atoms with Crippen molar-refractivity contribution in [2.24, 2.45) is 0 Å². The van der Waals surface area contributed by atoms with E-state index in [2.05, 4.69) is 15.4 Å². The van der Waals surface area contributed by atoms with Crippen LogP contribution in [0.4, 0.5) is 0 Å². The Morgan fingerprint density at radius 2 is 1.58 bits per heavy atom. The molecule has 0 aromatic rings. The second-order valence-electron chi connectivity index (χ2n) is 4.21. The van der Waals surface area contributed by atoms with E-state index in [-0.39, 0.29) is 0 Å². The molecule has 1 saturated heterocycles.